The first kappa shape index (κ1) is 9.58. The van der Waals surface area contributed by atoms with Gasteiger partial charge in [-0.25, -0.2) is 0 Å². The molecule has 76 valence electrons. The van der Waals surface area contributed by atoms with Gasteiger partial charge < -0.3 is 5.32 Å². The van der Waals surface area contributed by atoms with Gasteiger partial charge in [0.15, 0.2) is 0 Å². The van der Waals surface area contributed by atoms with Crippen molar-refractivity contribution >= 4 is 17.8 Å². The third-order valence-electron chi connectivity index (χ3n) is 2.10. The number of nitrogens with zero attached hydrogens (tertiary/aromatic N) is 2. The maximum absolute atomic E-state index is 11.5. The second-order valence-corrected chi connectivity index (χ2v) is 3.22. The normalized spacial score (nSPS) is 13.7. The van der Waals surface area contributed by atoms with Crippen LogP contribution in [0, 0.1) is 0 Å². The number of carbonyl (C=O) groups excluding carboxylic acids is 1. The number of amides is 1. The van der Waals surface area contributed by atoms with Gasteiger partial charge in [0.25, 0.3) is 5.91 Å². The van der Waals surface area contributed by atoms with Crippen LogP contribution in [0.4, 0.5) is 0 Å². The van der Waals surface area contributed by atoms with E-state index in [0.717, 1.165) is 5.56 Å². The molecule has 1 N–H and O–H groups in total. The van der Waals surface area contributed by atoms with E-state index in [4.69, 9.17) is 0 Å². The van der Waals surface area contributed by atoms with Crippen molar-refractivity contribution in [3.8, 4) is 0 Å². The zero-order valence-electron chi connectivity index (χ0n) is 8.18. The van der Waals surface area contributed by atoms with Gasteiger partial charge in [-0.3, -0.25) is 4.79 Å². The first-order valence-electron chi connectivity index (χ1n) is 4.77. The van der Waals surface area contributed by atoms with Crippen molar-refractivity contribution in [2.24, 2.45) is 10.2 Å². The van der Waals surface area contributed by atoms with Gasteiger partial charge in [0.2, 0.25) is 0 Å². The van der Waals surface area contributed by atoms with E-state index in [2.05, 4.69) is 15.5 Å². The average molecular weight is 201 g/mol. The molecule has 0 aromatic heterocycles. The van der Waals surface area contributed by atoms with Crippen molar-refractivity contribution in [3.63, 3.8) is 0 Å². The summed E-state index contributed by atoms with van der Waals surface area (Å²) >= 11 is 0. The van der Waals surface area contributed by atoms with Crippen molar-refractivity contribution in [1.82, 2.24) is 5.32 Å². The molecule has 0 atom stereocenters. The molecule has 0 unspecified atom stereocenters. The van der Waals surface area contributed by atoms with Gasteiger partial charge >= 0.3 is 0 Å². The van der Waals surface area contributed by atoms with Crippen LogP contribution in [0.25, 0.3) is 0 Å². The highest BCUT2D eigenvalue weighted by molar-refractivity contribution is 6.41. The molecule has 1 amide bonds. The van der Waals surface area contributed by atoms with Crippen LogP contribution in [0.5, 0.6) is 0 Å². The summed E-state index contributed by atoms with van der Waals surface area (Å²) in [7, 11) is 0. The lowest BCUT2D eigenvalue weighted by Gasteiger charge is -2.03. The fourth-order valence-electron chi connectivity index (χ4n) is 1.30. The molecule has 0 bridgehead atoms. The molecule has 0 spiro atoms. The van der Waals surface area contributed by atoms with Gasteiger partial charge in [-0.15, -0.1) is 5.10 Å². The molecule has 15 heavy (non-hydrogen) atoms. The van der Waals surface area contributed by atoms with E-state index in [-0.39, 0.29) is 5.91 Å². The fourth-order valence-corrected chi connectivity index (χ4v) is 1.30. The third kappa shape index (κ3) is 2.49. The molecular weight excluding hydrogens is 190 g/mol. The Bertz CT molecular complexity index is 409. The van der Waals surface area contributed by atoms with E-state index in [1.807, 2.05) is 30.3 Å². The highest BCUT2D eigenvalue weighted by atomic mass is 16.1. The van der Waals surface area contributed by atoms with E-state index in [9.17, 15) is 4.79 Å². The van der Waals surface area contributed by atoms with Crippen LogP contribution < -0.4 is 5.32 Å². The first-order valence-corrected chi connectivity index (χ1v) is 4.77. The van der Waals surface area contributed by atoms with Crippen molar-refractivity contribution in [1.29, 1.82) is 0 Å². The molecule has 0 aliphatic carbocycles. The SMILES string of the molecule is O=C(NCc1ccccc1)C1=NN=CC1. The van der Waals surface area contributed by atoms with Gasteiger partial charge in [-0.05, 0) is 5.56 Å². The Morgan fingerprint density at radius 2 is 2.13 bits per heavy atom. The Labute approximate surface area is 87.7 Å². The van der Waals surface area contributed by atoms with Gasteiger partial charge in [0, 0.05) is 19.2 Å². The van der Waals surface area contributed by atoms with Crippen LogP contribution in [-0.4, -0.2) is 17.8 Å². The maximum Gasteiger partial charge on any atom is 0.268 e. The van der Waals surface area contributed by atoms with Crippen LogP contribution >= 0.6 is 0 Å². The third-order valence-corrected chi connectivity index (χ3v) is 2.10. The molecule has 0 saturated heterocycles. The number of nitrogens with one attached hydrogen (secondary N) is 1. The molecule has 1 aromatic rings. The summed E-state index contributed by atoms with van der Waals surface area (Å²) in [6.07, 6.45) is 2.15. The first-order chi connectivity index (χ1) is 7.36. The lowest BCUT2D eigenvalue weighted by Crippen LogP contribution is -2.29. The van der Waals surface area contributed by atoms with E-state index in [1.54, 1.807) is 6.21 Å². The molecule has 4 heteroatoms. The number of rotatable bonds is 3. The van der Waals surface area contributed by atoms with Crippen LogP contribution in [0.3, 0.4) is 0 Å². The Hall–Kier alpha value is -1.97. The summed E-state index contributed by atoms with van der Waals surface area (Å²) < 4.78 is 0. The monoisotopic (exact) mass is 201 g/mol. The van der Waals surface area contributed by atoms with Crippen LogP contribution in [-0.2, 0) is 11.3 Å². The summed E-state index contributed by atoms with van der Waals surface area (Å²) in [5, 5.41) is 10.2. The van der Waals surface area contributed by atoms with Gasteiger partial charge in [-0.1, -0.05) is 30.3 Å². The Kier molecular flexibility index (Phi) is 2.88. The van der Waals surface area contributed by atoms with Crippen molar-refractivity contribution in [3.05, 3.63) is 35.9 Å². The van der Waals surface area contributed by atoms with Crippen molar-refractivity contribution < 1.29 is 4.79 Å². The molecule has 1 aliphatic rings. The predicted molar refractivity (Wildman–Crippen MR) is 58.8 cm³/mol. The number of hydrogen-bond acceptors (Lipinski definition) is 3. The van der Waals surface area contributed by atoms with Crippen molar-refractivity contribution in [2.75, 3.05) is 0 Å². The summed E-state index contributed by atoms with van der Waals surface area (Å²) in [4.78, 5) is 11.5. The molecule has 1 aliphatic heterocycles. The van der Waals surface area contributed by atoms with Crippen LogP contribution in [0.15, 0.2) is 40.5 Å². The van der Waals surface area contributed by atoms with Crippen LogP contribution in [0.2, 0.25) is 0 Å². The number of benzene rings is 1. The molecule has 0 radical (unpaired) electrons. The Morgan fingerprint density at radius 3 is 2.80 bits per heavy atom. The summed E-state index contributed by atoms with van der Waals surface area (Å²) in [5.41, 5.74) is 1.55. The maximum atomic E-state index is 11.5. The van der Waals surface area contributed by atoms with Gasteiger partial charge in [-0.2, -0.15) is 5.10 Å². The topological polar surface area (TPSA) is 53.8 Å². The predicted octanol–water partition coefficient (Wildman–Crippen LogP) is 1.13. The highest BCUT2D eigenvalue weighted by Crippen LogP contribution is 1.99. The summed E-state index contributed by atoms with van der Waals surface area (Å²) in [6, 6.07) is 9.76. The molecule has 0 saturated carbocycles. The Balaban J connectivity index is 1.86. The molecule has 1 heterocycles. The highest BCUT2D eigenvalue weighted by Gasteiger charge is 2.12. The minimum absolute atomic E-state index is 0.142. The summed E-state index contributed by atoms with van der Waals surface area (Å²) in [5.74, 6) is -0.142. The lowest BCUT2D eigenvalue weighted by atomic mass is 10.2. The smallest absolute Gasteiger partial charge is 0.268 e. The molecule has 0 fully saturated rings. The second-order valence-electron chi connectivity index (χ2n) is 3.22. The molecule has 4 nitrogen and oxygen atoms in total. The minimum Gasteiger partial charge on any atom is -0.347 e. The molecule has 2 rings (SSSR count). The van der Waals surface area contributed by atoms with E-state index >= 15 is 0 Å². The quantitative estimate of drug-likeness (QED) is 0.783. The molecular formula is C11H11N3O. The second kappa shape index (κ2) is 4.50. The standard InChI is InChI=1S/C11H11N3O/c15-11(10-6-7-13-14-10)12-8-9-4-2-1-3-5-9/h1-5,7H,6,8H2,(H,12,15). The largest absolute Gasteiger partial charge is 0.347 e. The number of hydrogen-bond donors (Lipinski definition) is 1. The number of carbonyl (C=O) groups is 1. The van der Waals surface area contributed by atoms with Gasteiger partial charge in [0.05, 0.1) is 0 Å². The Morgan fingerprint density at radius 1 is 1.33 bits per heavy atom. The van der Waals surface area contributed by atoms with E-state index in [0.29, 0.717) is 18.7 Å². The molecule has 1 aromatic carbocycles. The fraction of sp³-hybridized carbons (Fsp3) is 0.182. The minimum atomic E-state index is -0.142. The van der Waals surface area contributed by atoms with Gasteiger partial charge in [0.1, 0.15) is 5.71 Å². The summed E-state index contributed by atoms with van der Waals surface area (Å²) in [6.45, 7) is 0.526. The van der Waals surface area contributed by atoms with Crippen molar-refractivity contribution in [2.45, 2.75) is 13.0 Å². The zero-order chi connectivity index (χ0) is 10.5. The van der Waals surface area contributed by atoms with E-state index < -0.39 is 0 Å². The van der Waals surface area contributed by atoms with Crippen LogP contribution in [0.1, 0.15) is 12.0 Å². The average Bonchev–Trinajstić information content (AvgIpc) is 2.81. The van der Waals surface area contributed by atoms with E-state index in [1.165, 1.54) is 0 Å². The lowest BCUT2D eigenvalue weighted by molar-refractivity contribution is -0.115. The zero-order valence-corrected chi connectivity index (χ0v) is 8.18.